The summed E-state index contributed by atoms with van der Waals surface area (Å²) in [6, 6.07) is 2.94. The molecular formula is C12H13FN2O2. The highest BCUT2D eigenvalue weighted by atomic mass is 19.1. The highest BCUT2D eigenvalue weighted by Gasteiger charge is 2.29. The van der Waals surface area contributed by atoms with Crippen LogP contribution in [0.15, 0.2) is 12.1 Å². The van der Waals surface area contributed by atoms with Gasteiger partial charge in [0.1, 0.15) is 34.8 Å². The Morgan fingerprint density at radius 2 is 2.24 bits per heavy atom. The number of aromatic nitrogens is 2. The Bertz CT molecular complexity index is 599. The molecule has 0 saturated heterocycles. The Hall–Kier alpha value is -1.62. The second-order valence-electron chi connectivity index (χ2n) is 4.74. The van der Waals surface area contributed by atoms with E-state index in [4.69, 9.17) is 4.74 Å². The van der Waals surface area contributed by atoms with Crippen molar-refractivity contribution in [2.75, 3.05) is 6.61 Å². The normalized spacial score (nSPS) is 15.1. The highest BCUT2D eigenvalue weighted by molar-refractivity contribution is 5.84. The Balaban J connectivity index is 2.42. The number of halogens is 1. The van der Waals surface area contributed by atoms with Gasteiger partial charge in [0, 0.05) is 0 Å². The fourth-order valence-electron chi connectivity index (χ4n) is 2.22. The minimum Gasteiger partial charge on any atom is -0.489 e. The molecule has 5 heteroatoms. The van der Waals surface area contributed by atoms with Gasteiger partial charge < -0.3 is 14.4 Å². The first-order chi connectivity index (χ1) is 7.98. The molecule has 0 unspecified atom stereocenters. The largest absolute Gasteiger partial charge is 0.489 e. The van der Waals surface area contributed by atoms with E-state index in [-0.39, 0.29) is 5.52 Å². The summed E-state index contributed by atoms with van der Waals surface area (Å²) in [5.41, 5.74) is -0.201. The van der Waals surface area contributed by atoms with Gasteiger partial charge in [0.05, 0.1) is 6.54 Å². The first-order valence-corrected chi connectivity index (χ1v) is 5.53. The Morgan fingerprint density at radius 1 is 1.47 bits per heavy atom. The fourth-order valence-corrected chi connectivity index (χ4v) is 2.22. The molecule has 0 aliphatic carbocycles. The number of aliphatic hydroxyl groups is 1. The van der Waals surface area contributed by atoms with Gasteiger partial charge in [0.15, 0.2) is 5.82 Å². The molecule has 1 aliphatic rings. The van der Waals surface area contributed by atoms with Crippen molar-refractivity contribution in [1.82, 2.24) is 9.55 Å². The van der Waals surface area contributed by atoms with Crippen molar-refractivity contribution in [3.8, 4) is 5.75 Å². The van der Waals surface area contributed by atoms with Gasteiger partial charge in [-0.25, -0.2) is 9.37 Å². The molecule has 0 spiro atoms. The van der Waals surface area contributed by atoms with Crippen molar-refractivity contribution in [3.63, 3.8) is 0 Å². The number of nitrogens with zero attached hydrogens (tertiary/aromatic N) is 2. The number of ether oxygens (including phenoxy) is 1. The van der Waals surface area contributed by atoms with Gasteiger partial charge in [-0.05, 0) is 26.0 Å². The molecule has 90 valence electrons. The number of benzene rings is 1. The molecule has 0 amide bonds. The molecular weight excluding hydrogens is 223 g/mol. The van der Waals surface area contributed by atoms with E-state index in [0.717, 1.165) is 0 Å². The molecule has 1 aliphatic heterocycles. The van der Waals surface area contributed by atoms with E-state index in [1.807, 2.05) is 4.57 Å². The van der Waals surface area contributed by atoms with Crippen LogP contribution < -0.4 is 4.74 Å². The van der Waals surface area contributed by atoms with E-state index in [2.05, 4.69) is 4.98 Å². The number of imidazole rings is 1. The van der Waals surface area contributed by atoms with E-state index in [1.54, 1.807) is 19.9 Å². The van der Waals surface area contributed by atoms with Crippen LogP contribution in [0.3, 0.4) is 0 Å². The van der Waals surface area contributed by atoms with Crippen molar-refractivity contribution in [1.29, 1.82) is 0 Å². The molecule has 1 aromatic heterocycles. The second-order valence-corrected chi connectivity index (χ2v) is 4.74. The summed E-state index contributed by atoms with van der Waals surface area (Å²) < 4.78 is 21.0. The summed E-state index contributed by atoms with van der Waals surface area (Å²) >= 11 is 0. The molecule has 1 aromatic carbocycles. The van der Waals surface area contributed by atoms with Crippen molar-refractivity contribution in [2.45, 2.75) is 26.0 Å². The minimum atomic E-state index is -1.10. The predicted molar refractivity (Wildman–Crippen MR) is 60.4 cm³/mol. The molecule has 0 radical (unpaired) electrons. The third kappa shape index (κ3) is 1.42. The van der Waals surface area contributed by atoms with E-state index >= 15 is 0 Å². The summed E-state index contributed by atoms with van der Waals surface area (Å²) in [4.78, 5) is 4.21. The van der Waals surface area contributed by atoms with Crippen molar-refractivity contribution in [2.24, 2.45) is 0 Å². The van der Waals surface area contributed by atoms with Gasteiger partial charge in [-0.1, -0.05) is 0 Å². The van der Waals surface area contributed by atoms with Crippen LogP contribution in [0, 0.1) is 5.82 Å². The SMILES string of the molecule is CC(C)(O)c1nc2c(F)ccc3c2n1CCO3. The summed E-state index contributed by atoms with van der Waals surface area (Å²) in [5, 5.41) is 10.1. The average molecular weight is 236 g/mol. The van der Waals surface area contributed by atoms with Crippen molar-refractivity contribution < 1.29 is 14.2 Å². The number of hydrogen-bond acceptors (Lipinski definition) is 3. The van der Waals surface area contributed by atoms with Crippen LogP contribution in [0.25, 0.3) is 11.0 Å². The molecule has 1 N–H and O–H groups in total. The minimum absolute atomic E-state index is 0.263. The van der Waals surface area contributed by atoms with Gasteiger partial charge >= 0.3 is 0 Å². The monoisotopic (exact) mass is 236 g/mol. The lowest BCUT2D eigenvalue weighted by atomic mass is 10.1. The summed E-state index contributed by atoms with van der Waals surface area (Å²) in [5.74, 6) is 0.705. The Kier molecular flexibility index (Phi) is 1.98. The molecule has 4 nitrogen and oxygen atoms in total. The van der Waals surface area contributed by atoms with Crippen LogP contribution in [0.5, 0.6) is 5.75 Å². The van der Waals surface area contributed by atoms with Crippen LogP contribution >= 0.6 is 0 Å². The van der Waals surface area contributed by atoms with Crippen LogP contribution in [0.1, 0.15) is 19.7 Å². The quantitative estimate of drug-likeness (QED) is 0.821. The van der Waals surface area contributed by atoms with Gasteiger partial charge in [0.2, 0.25) is 0 Å². The zero-order valence-electron chi connectivity index (χ0n) is 9.70. The summed E-state index contributed by atoms with van der Waals surface area (Å²) in [7, 11) is 0. The molecule has 0 atom stereocenters. The smallest absolute Gasteiger partial charge is 0.151 e. The lowest BCUT2D eigenvalue weighted by molar-refractivity contribution is 0.0639. The maximum absolute atomic E-state index is 13.7. The van der Waals surface area contributed by atoms with Crippen LogP contribution in [-0.4, -0.2) is 21.3 Å². The lowest BCUT2D eigenvalue weighted by Crippen LogP contribution is -2.25. The van der Waals surface area contributed by atoms with Crippen molar-refractivity contribution in [3.05, 3.63) is 23.8 Å². The first kappa shape index (κ1) is 10.5. The molecule has 2 heterocycles. The molecule has 17 heavy (non-hydrogen) atoms. The summed E-state index contributed by atoms with van der Waals surface area (Å²) in [6.45, 7) is 4.37. The molecule has 0 bridgehead atoms. The predicted octanol–water partition coefficient (Wildman–Crippen LogP) is 1.80. The van der Waals surface area contributed by atoms with Gasteiger partial charge in [-0.2, -0.15) is 0 Å². The van der Waals surface area contributed by atoms with E-state index < -0.39 is 11.4 Å². The Labute approximate surface area is 97.6 Å². The Morgan fingerprint density at radius 3 is 2.94 bits per heavy atom. The highest BCUT2D eigenvalue weighted by Crippen LogP contribution is 2.34. The maximum atomic E-state index is 13.7. The van der Waals surface area contributed by atoms with Gasteiger partial charge in [0.25, 0.3) is 0 Å². The number of rotatable bonds is 1. The number of hydrogen-bond donors (Lipinski definition) is 1. The topological polar surface area (TPSA) is 47.3 Å². The third-order valence-electron chi connectivity index (χ3n) is 2.93. The zero-order valence-corrected chi connectivity index (χ0v) is 9.70. The molecule has 0 fully saturated rings. The first-order valence-electron chi connectivity index (χ1n) is 5.53. The standard InChI is InChI=1S/C12H13FN2O2/c1-12(2,16)11-14-9-7(13)3-4-8-10(9)15(11)5-6-17-8/h3-4,16H,5-6H2,1-2H3. The second kappa shape index (κ2) is 3.20. The summed E-state index contributed by atoms with van der Waals surface area (Å²) in [6.07, 6.45) is 0. The van der Waals surface area contributed by atoms with E-state index in [9.17, 15) is 9.50 Å². The molecule has 2 aromatic rings. The molecule has 3 rings (SSSR count). The van der Waals surface area contributed by atoms with Gasteiger partial charge in [-0.3, -0.25) is 0 Å². The van der Waals surface area contributed by atoms with E-state index in [0.29, 0.717) is 30.2 Å². The zero-order chi connectivity index (χ0) is 12.2. The van der Waals surface area contributed by atoms with Crippen LogP contribution in [0.4, 0.5) is 4.39 Å². The molecule has 0 saturated carbocycles. The van der Waals surface area contributed by atoms with E-state index in [1.165, 1.54) is 6.07 Å². The fraction of sp³-hybridized carbons (Fsp3) is 0.417. The maximum Gasteiger partial charge on any atom is 0.151 e. The lowest BCUT2D eigenvalue weighted by Gasteiger charge is -2.22. The average Bonchev–Trinajstić information content (AvgIpc) is 2.65. The third-order valence-corrected chi connectivity index (χ3v) is 2.93. The van der Waals surface area contributed by atoms with Crippen molar-refractivity contribution >= 4 is 11.0 Å². The van der Waals surface area contributed by atoms with Gasteiger partial charge in [-0.15, -0.1) is 0 Å². The van der Waals surface area contributed by atoms with Crippen LogP contribution in [0.2, 0.25) is 0 Å². The van der Waals surface area contributed by atoms with Crippen LogP contribution in [-0.2, 0) is 12.1 Å².